The van der Waals surface area contributed by atoms with Gasteiger partial charge in [0.1, 0.15) is 35.6 Å². The van der Waals surface area contributed by atoms with Gasteiger partial charge in [0.2, 0.25) is 6.10 Å². The zero-order chi connectivity index (χ0) is 57.7. The fraction of sp³-hybridized carbons (Fsp3) is 0.393. The fourth-order valence-electron chi connectivity index (χ4n) is 11.9. The van der Waals surface area contributed by atoms with Gasteiger partial charge in [-0.05, 0) is 72.9 Å². The molecule has 5 aromatic carbocycles. The quantitative estimate of drug-likeness (QED) is 0.0188. The molecule has 2 saturated carbocycles. The van der Waals surface area contributed by atoms with Crippen LogP contribution in [0, 0.1) is 105 Å². The standard InChI is InChI=1S/C61H66NO18P.2Ac/c1-6-72-57(68)79-50(48(41-26-16-9-17-27-41)62-54(65)42-28-18-10-19-29-42)56(67)78-44-33-61(70)53(80-55(66)43-30-20-11-21-31-43)51-59(5,52(64)49(63)47(38(44)2)58(61,3)4)45(32-46-60(51,69)36-73-46)74-37-77-81(71,75-34-39-22-12-7-13-23-39)76-35-40-24-14-8-15-25-40;;/h7-31,44-46,48-51,53,63,69-70H,6,32-37H2,1-5H3,(H,62,65);;/t44?,45?,46?,48?,49?,50?,51?,53?,59-,60?,61?;;/m1../s1. The van der Waals surface area contributed by atoms with Crippen LogP contribution in [0.3, 0.4) is 0 Å². The van der Waals surface area contributed by atoms with Crippen molar-refractivity contribution in [1.82, 2.24) is 5.32 Å². The predicted octanol–water partition coefficient (Wildman–Crippen LogP) is 8.32. The molecule has 0 spiro atoms. The summed E-state index contributed by atoms with van der Waals surface area (Å²) in [7, 11) is -4.50. The third-order valence-corrected chi connectivity index (χ3v) is 17.6. The number of rotatable bonds is 20. The number of aliphatic hydroxyl groups excluding tert-OH is 1. The maximum Gasteiger partial charge on any atom is 0.509 e. The number of esters is 2. The second-order valence-corrected chi connectivity index (χ2v) is 23.0. The van der Waals surface area contributed by atoms with Crippen molar-refractivity contribution in [2.75, 3.05) is 20.0 Å². The molecule has 2 bridgehead atoms. The van der Waals surface area contributed by atoms with Crippen molar-refractivity contribution >= 4 is 37.6 Å². The number of carbonyl (C=O) groups is 5. The number of benzene rings is 5. The fourth-order valence-corrected chi connectivity index (χ4v) is 12.9. The van der Waals surface area contributed by atoms with E-state index < -0.39 is 128 Å². The van der Waals surface area contributed by atoms with E-state index in [1.807, 2.05) is 12.1 Å². The molecule has 1 aliphatic heterocycles. The molecule has 1 heterocycles. The molecule has 3 aliphatic carbocycles. The second-order valence-electron chi connectivity index (χ2n) is 21.3. The van der Waals surface area contributed by atoms with E-state index >= 15 is 9.59 Å². The van der Waals surface area contributed by atoms with Gasteiger partial charge in [0.25, 0.3) is 5.91 Å². The van der Waals surface area contributed by atoms with Gasteiger partial charge in [-0.25, -0.2) is 18.9 Å². The molecule has 1 amide bonds. The Morgan fingerprint density at radius 2 is 1.28 bits per heavy atom. The van der Waals surface area contributed by atoms with Crippen LogP contribution in [0.25, 0.3) is 0 Å². The largest absolute Gasteiger partial charge is 0.509 e. The summed E-state index contributed by atoms with van der Waals surface area (Å²) in [5.41, 5.74) is -6.56. The molecule has 4 aliphatic rings. The molecular formula is C61H66Ac2NO18P. The van der Waals surface area contributed by atoms with Crippen LogP contribution in [0.5, 0.6) is 0 Å². The van der Waals surface area contributed by atoms with Crippen LogP contribution in [-0.2, 0) is 69.4 Å². The number of Topliss-reactive ketones (excluding diaryl/α,β-unsaturated/α-hetero) is 1. The monoisotopic (exact) mass is 1590 g/mol. The molecule has 0 aromatic heterocycles. The summed E-state index contributed by atoms with van der Waals surface area (Å²) in [6.07, 6.45) is -12.3. The van der Waals surface area contributed by atoms with E-state index in [1.165, 1.54) is 46.8 Å². The Hall–Kier alpha value is -4.02. The number of hydrogen-bond donors (Lipinski definition) is 4. The molecule has 9 rings (SSSR count). The summed E-state index contributed by atoms with van der Waals surface area (Å²) in [5.74, 6) is -5.48. The first-order chi connectivity index (χ1) is 38.7. The SMILES string of the molecule is CCOC(=O)OC(C(=O)OC1CC2(O)C(OC(=O)c3ccccc3)C3C4(O)COC4CC(OCOP(=O)(OCc4ccccc4)OCc4ccccc4)[C@@]3(C)C(=O)C(O)C(=C1C)C2(C)C)C(NC(=O)c1ccccc1)c1ccccc1.[Ac].[Ac]. The van der Waals surface area contributed by atoms with Gasteiger partial charge >= 0.3 is 25.9 Å². The van der Waals surface area contributed by atoms with Crippen LogP contribution in [0.15, 0.2) is 163 Å². The van der Waals surface area contributed by atoms with Gasteiger partial charge in [0.05, 0.1) is 49.6 Å². The van der Waals surface area contributed by atoms with Crippen LogP contribution in [0.4, 0.5) is 4.79 Å². The predicted molar refractivity (Wildman–Crippen MR) is 289 cm³/mol. The summed E-state index contributed by atoms with van der Waals surface area (Å²) in [6.45, 7) is 5.75. The number of aliphatic hydroxyl groups is 3. The third kappa shape index (κ3) is 13.9. The summed E-state index contributed by atoms with van der Waals surface area (Å²) in [4.78, 5) is 72.8. The zero-order valence-corrected chi connectivity index (χ0v) is 57.0. The van der Waals surface area contributed by atoms with Crippen molar-refractivity contribution in [1.29, 1.82) is 0 Å². The molecule has 83 heavy (non-hydrogen) atoms. The van der Waals surface area contributed by atoms with E-state index in [2.05, 4.69) is 5.32 Å². The Morgan fingerprint density at radius 1 is 0.747 bits per heavy atom. The van der Waals surface area contributed by atoms with E-state index in [1.54, 1.807) is 127 Å². The molecule has 5 aromatic rings. The third-order valence-electron chi connectivity index (χ3n) is 16.3. The minimum atomic E-state index is -4.50. The average molecular weight is 1590 g/mol. The van der Waals surface area contributed by atoms with Gasteiger partial charge in [-0.15, -0.1) is 0 Å². The topological polar surface area (TPSA) is 258 Å². The van der Waals surface area contributed by atoms with Crippen molar-refractivity contribution in [3.8, 4) is 0 Å². The maximum absolute atomic E-state index is 15.9. The van der Waals surface area contributed by atoms with Gasteiger partial charge < -0.3 is 49.1 Å². The van der Waals surface area contributed by atoms with Crippen LogP contribution < -0.4 is 5.32 Å². The Morgan fingerprint density at radius 3 is 1.81 bits per heavy atom. The van der Waals surface area contributed by atoms with Crippen LogP contribution >= 0.6 is 7.82 Å². The summed E-state index contributed by atoms with van der Waals surface area (Å²) in [6, 6.07) is 40.5. The maximum atomic E-state index is 15.9. The van der Waals surface area contributed by atoms with Crippen molar-refractivity contribution in [3.63, 3.8) is 0 Å². The van der Waals surface area contributed by atoms with Gasteiger partial charge in [0, 0.05) is 118 Å². The average Bonchev–Trinajstić information content (AvgIpc) is 0.731. The van der Waals surface area contributed by atoms with E-state index in [-0.39, 0.29) is 137 Å². The Labute approximate surface area is 553 Å². The number of phosphoric acid groups is 1. The number of ketones is 1. The van der Waals surface area contributed by atoms with Crippen LogP contribution in [-0.4, -0.2) is 113 Å². The van der Waals surface area contributed by atoms with E-state index in [9.17, 15) is 34.3 Å². The summed E-state index contributed by atoms with van der Waals surface area (Å²) < 4.78 is 68.1. The Kier molecular flexibility index (Phi) is 22.6. The van der Waals surface area contributed by atoms with Gasteiger partial charge in [0.15, 0.2) is 12.6 Å². The van der Waals surface area contributed by atoms with Gasteiger partial charge in [-0.2, -0.15) is 0 Å². The van der Waals surface area contributed by atoms with E-state index in [0.717, 1.165) is 0 Å². The van der Waals surface area contributed by atoms with Crippen molar-refractivity contribution < 1.29 is 174 Å². The normalized spacial score (nSPS) is 26.7. The molecule has 19 nitrogen and oxygen atoms in total. The molecular weight excluding hydrogens is 1520 g/mol. The smallest absolute Gasteiger partial charge is 0.455 e. The van der Waals surface area contributed by atoms with Crippen LogP contribution in [0.2, 0.25) is 0 Å². The van der Waals surface area contributed by atoms with Gasteiger partial charge in [-0.1, -0.05) is 141 Å². The van der Waals surface area contributed by atoms with Crippen molar-refractivity contribution in [2.45, 2.75) is 115 Å². The second kappa shape index (κ2) is 28.2. The minimum absolute atomic E-state index is 0. The number of hydrogen-bond acceptors (Lipinski definition) is 18. The van der Waals surface area contributed by atoms with Crippen molar-refractivity contribution in [2.24, 2.45) is 16.7 Å². The molecule has 22 heteroatoms. The number of carbonyl (C=O) groups excluding carboxylic acids is 5. The Bertz CT molecular complexity index is 3100. The molecule has 2 radical (unpaired) electrons. The number of phosphoric ester groups is 1. The summed E-state index contributed by atoms with van der Waals surface area (Å²) >= 11 is 0. The number of nitrogens with one attached hydrogen (secondary N) is 1. The first kappa shape index (κ1) is 66.5. The number of ether oxygens (including phenoxy) is 6. The number of amides is 1. The first-order valence-corrected chi connectivity index (χ1v) is 28.1. The molecule has 4 N–H and O–H groups in total. The summed E-state index contributed by atoms with van der Waals surface area (Å²) in [5, 5.41) is 42.7. The molecule has 434 valence electrons. The molecule has 11 atom stereocenters. The van der Waals surface area contributed by atoms with Crippen molar-refractivity contribution in [3.05, 3.63) is 191 Å². The van der Waals surface area contributed by atoms with E-state index in [4.69, 9.17) is 42.0 Å². The van der Waals surface area contributed by atoms with Crippen LogP contribution in [0.1, 0.15) is 90.9 Å². The van der Waals surface area contributed by atoms with E-state index in [0.29, 0.717) is 16.7 Å². The minimum Gasteiger partial charge on any atom is -0.455 e. The van der Waals surface area contributed by atoms with Gasteiger partial charge in [-0.3, -0.25) is 23.2 Å². The Balaban J connectivity index is 0.00000495. The molecule has 1 saturated heterocycles. The molecule has 3 fully saturated rings. The molecule has 10 unspecified atom stereocenters. The first-order valence-electron chi connectivity index (χ1n) is 26.7. The zero-order valence-electron chi connectivity index (χ0n) is 46.6. The number of fused-ring (bicyclic) bond motifs is 5.